The first kappa shape index (κ1) is 16.5. The van der Waals surface area contributed by atoms with Gasteiger partial charge in [0.05, 0.1) is 5.25 Å². The molecule has 0 spiro atoms. The van der Waals surface area contributed by atoms with E-state index in [9.17, 15) is 4.79 Å². The van der Waals surface area contributed by atoms with Crippen molar-refractivity contribution in [3.63, 3.8) is 0 Å². The summed E-state index contributed by atoms with van der Waals surface area (Å²) in [5.74, 6) is 1.26. The van der Waals surface area contributed by atoms with Gasteiger partial charge < -0.3 is 0 Å². The Balaban J connectivity index is 1.68. The summed E-state index contributed by atoms with van der Waals surface area (Å²) < 4.78 is 2.10. The molecular formula is C19H19N3OS2. The molecule has 1 saturated carbocycles. The number of carbonyl (C=O) groups excluding carboxylic acids is 1. The van der Waals surface area contributed by atoms with Crippen molar-refractivity contribution in [3.8, 4) is 5.69 Å². The Hall–Kier alpha value is -1.92. The molecule has 0 aliphatic heterocycles. The van der Waals surface area contributed by atoms with Crippen LogP contribution in [0.4, 0.5) is 0 Å². The molecule has 0 unspecified atom stereocenters. The van der Waals surface area contributed by atoms with E-state index >= 15 is 0 Å². The largest absolute Gasteiger partial charge is 0.298 e. The number of thioether (sulfide) groups is 1. The van der Waals surface area contributed by atoms with Gasteiger partial charge in [0, 0.05) is 23.4 Å². The van der Waals surface area contributed by atoms with Crippen LogP contribution in [0, 0.1) is 0 Å². The zero-order chi connectivity index (χ0) is 17.1. The lowest BCUT2D eigenvalue weighted by Crippen LogP contribution is -2.21. The van der Waals surface area contributed by atoms with E-state index in [1.54, 1.807) is 23.1 Å². The normalized spacial score (nSPS) is 17.8. The van der Waals surface area contributed by atoms with Crippen LogP contribution in [-0.4, -0.2) is 25.8 Å². The SMILES string of the molecule is O=C1CCCC[C@@H]1Sc1nnc(Cc2cccs2)n1-c1ccccc1. The van der Waals surface area contributed by atoms with E-state index in [1.165, 1.54) is 4.88 Å². The van der Waals surface area contributed by atoms with Crippen LogP contribution in [0.3, 0.4) is 0 Å². The van der Waals surface area contributed by atoms with E-state index in [-0.39, 0.29) is 5.25 Å². The average molecular weight is 370 g/mol. The number of carbonyl (C=O) groups is 1. The third-order valence-corrected chi connectivity index (χ3v) is 6.51. The summed E-state index contributed by atoms with van der Waals surface area (Å²) in [6.45, 7) is 0. The quantitative estimate of drug-likeness (QED) is 0.663. The lowest BCUT2D eigenvalue weighted by atomic mass is 9.99. The van der Waals surface area contributed by atoms with Crippen molar-refractivity contribution in [2.45, 2.75) is 42.5 Å². The van der Waals surface area contributed by atoms with E-state index in [4.69, 9.17) is 0 Å². The zero-order valence-electron chi connectivity index (χ0n) is 13.8. The molecule has 4 nitrogen and oxygen atoms in total. The molecule has 25 heavy (non-hydrogen) atoms. The van der Waals surface area contributed by atoms with E-state index < -0.39 is 0 Å². The molecule has 1 aromatic carbocycles. The monoisotopic (exact) mass is 369 g/mol. The van der Waals surface area contributed by atoms with Crippen molar-refractivity contribution in [3.05, 3.63) is 58.5 Å². The number of hydrogen-bond acceptors (Lipinski definition) is 5. The fourth-order valence-electron chi connectivity index (χ4n) is 3.10. The van der Waals surface area contributed by atoms with Crippen molar-refractivity contribution in [1.29, 1.82) is 0 Å². The molecule has 0 N–H and O–H groups in total. The molecule has 128 valence electrons. The van der Waals surface area contributed by atoms with Crippen LogP contribution >= 0.6 is 23.1 Å². The third-order valence-electron chi connectivity index (χ3n) is 4.37. The highest BCUT2D eigenvalue weighted by Crippen LogP contribution is 2.33. The minimum atomic E-state index is 0.00926. The van der Waals surface area contributed by atoms with Crippen molar-refractivity contribution in [2.24, 2.45) is 0 Å². The molecule has 0 bridgehead atoms. The Morgan fingerprint density at radius 2 is 2.00 bits per heavy atom. The zero-order valence-corrected chi connectivity index (χ0v) is 15.4. The highest BCUT2D eigenvalue weighted by molar-refractivity contribution is 8.00. The van der Waals surface area contributed by atoms with E-state index in [2.05, 4.69) is 44.4 Å². The van der Waals surface area contributed by atoms with Crippen molar-refractivity contribution in [1.82, 2.24) is 14.8 Å². The van der Waals surface area contributed by atoms with Crippen LogP contribution in [0.1, 0.15) is 36.4 Å². The van der Waals surface area contributed by atoms with Crippen LogP contribution in [-0.2, 0) is 11.2 Å². The fraction of sp³-hybridized carbons (Fsp3) is 0.316. The second-order valence-electron chi connectivity index (χ2n) is 6.14. The predicted octanol–water partition coefficient (Wildman–Crippen LogP) is 4.52. The lowest BCUT2D eigenvalue weighted by molar-refractivity contribution is -0.119. The minimum absolute atomic E-state index is 0.00926. The number of thiophene rings is 1. The van der Waals surface area contributed by atoms with Crippen LogP contribution in [0.5, 0.6) is 0 Å². The highest BCUT2D eigenvalue weighted by Gasteiger charge is 2.26. The Kier molecular flexibility index (Phi) is 4.99. The number of rotatable bonds is 5. The number of para-hydroxylation sites is 1. The number of hydrogen-bond donors (Lipinski definition) is 0. The topological polar surface area (TPSA) is 47.8 Å². The molecule has 1 aliphatic rings. The number of nitrogens with zero attached hydrogens (tertiary/aromatic N) is 3. The molecule has 1 aliphatic carbocycles. The van der Waals surface area contributed by atoms with E-state index in [0.29, 0.717) is 12.2 Å². The van der Waals surface area contributed by atoms with Gasteiger partial charge >= 0.3 is 0 Å². The molecule has 4 rings (SSSR count). The molecular weight excluding hydrogens is 350 g/mol. The molecule has 0 radical (unpaired) electrons. The van der Waals surface area contributed by atoms with Crippen LogP contribution in [0.25, 0.3) is 5.69 Å². The first-order valence-electron chi connectivity index (χ1n) is 8.53. The van der Waals surface area contributed by atoms with Gasteiger partial charge in [0.25, 0.3) is 0 Å². The standard InChI is InChI=1S/C19H19N3OS2/c23-16-10-4-5-11-17(16)25-19-21-20-18(13-15-9-6-12-24-15)22(19)14-7-2-1-3-8-14/h1-3,6-9,12,17H,4-5,10-11,13H2/t17-/m0/s1. The molecule has 3 aromatic rings. The first-order valence-corrected chi connectivity index (χ1v) is 10.3. The smallest absolute Gasteiger partial charge is 0.196 e. The Bertz CT molecular complexity index is 843. The van der Waals surface area contributed by atoms with Gasteiger partial charge in [-0.2, -0.15) is 0 Å². The van der Waals surface area contributed by atoms with Crippen molar-refractivity contribution < 1.29 is 4.79 Å². The van der Waals surface area contributed by atoms with Gasteiger partial charge in [-0.05, 0) is 36.4 Å². The van der Waals surface area contributed by atoms with Gasteiger partial charge in [0.1, 0.15) is 11.6 Å². The summed E-state index contributed by atoms with van der Waals surface area (Å²) in [5.41, 5.74) is 1.05. The number of benzene rings is 1. The maximum atomic E-state index is 12.2. The van der Waals surface area contributed by atoms with Gasteiger partial charge in [-0.15, -0.1) is 21.5 Å². The van der Waals surface area contributed by atoms with E-state index in [0.717, 1.165) is 42.4 Å². The molecule has 1 atom stereocenters. The second kappa shape index (κ2) is 7.54. The summed E-state index contributed by atoms with van der Waals surface area (Å²) in [7, 11) is 0. The molecule has 2 heterocycles. The van der Waals surface area contributed by atoms with Gasteiger partial charge in [-0.1, -0.05) is 42.4 Å². The average Bonchev–Trinajstić information content (AvgIpc) is 3.28. The Morgan fingerprint density at radius 3 is 2.76 bits per heavy atom. The molecule has 2 aromatic heterocycles. The van der Waals surface area contributed by atoms with Crippen LogP contribution in [0.15, 0.2) is 53.0 Å². The maximum Gasteiger partial charge on any atom is 0.196 e. The maximum absolute atomic E-state index is 12.2. The predicted molar refractivity (Wildman–Crippen MR) is 102 cm³/mol. The molecule has 6 heteroatoms. The number of Topliss-reactive ketones (excluding diaryl/α,β-unsaturated/α-hetero) is 1. The summed E-state index contributed by atoms with van der Waals surface area (Å²) in [4.78, 5) is 13.5. The van der Waals surface area contributed by atoms with Gasteiger partial charge in [-0.3, -0.25) is 9.36 Å². The third kappa shape index (κ3) is 3.70. The van der Waals surface area contributed by atoms with Crippen LogP contribution in [0.2, 0.25) is 0 Å². The lowest BCUT2D eigenvalue weighted by Gasteiger charge is -2.19. The summed E-state index contributed by atoms with van der Waals surface area (Å²) in [6, 6.07) is 14.3. The van der Waals surface area contributed by atoms with Crippen LogP contribution < -0.4 is 0 Å². The molecule has 1 fully saturated rings. The molecule has 0 amide bonds. The minimum Gasteiger partial charge on any atom is -0.298 e. The van der Waals surface area contributed by atoms with Gasteiger partial charge in [-0.25, -0.2) is 0 Å². The number of ketones is 1. The number of aromatic nitrogens is 3. The highest BCUT2D eigenvalue weighted by atomic mass is 32.2. The second-order valence-corrected chi connectivity index (χ2v) is 8.35. The first-order chi connectivity index (χ1) is 12.3. The molecule has 0 saturated heterocycles. The summed E-state index contributed by atoms with van der Waals surface area (Å²) in [5, 5.41) is 11.8. The Morgan fingerprint density at radius 1 is 1.12 bits per heavy atom. The van der Waals surface area contributed by atoms with Crippen molar-refractivity contribution in [2.75, 3.05) is 0 Å². The van der Waals surface area contributed by atoms with Gasteiger partial charge in [0.15, 0.2) is 5.16 Å². The summed E-state index contributed by atoms with van der Waals surface area (Å²) >= 11 is 3.30. The fourth-order valence-corrected chi connectivity index (χ4v) is 4.99. The van der Waals surface area contributed by atoms with Crippen molar-refractivity contribution >= 4 is 28.9 Å². The van der Waals surface area contributed by atoms with E-state index in [1.807, 2.05) is 18.2 Å². The Labute approximate surface area is 155 Å². The summed E-state index contributed by atoms with van der Waals surface area (Å²) in [6.07, 6.45) is 4.51. The van der Waals surface area contributed by atoms with Gasteiger partial charge in [0.2, 0.25) is 0 Å².